The molecule has 6 nitrogen and oxygen atoms in total. The summed E-state index contributed by atoms with van der Waals surface area (Å²) in [4.78, 5) is 25.1. The van der Waals surface area contributed by atoms with E-state index in [9.17, 15) is 14.0 Å². The molecule has 0 fully saturated rings. The highest BCUT2D eigenvalue weighted by Crippen LogP contribution is 2.32. The fourth-order valence-electron chi connectivity index (χ4n) is 2.70. The summed E-state index contributed by atoms with van der Waals surface area (Å²) in [6, 6.07) is 9.53. The average Bonchev–Trinajstić information content (AvgIpc) is 2.66. The molecule has 0 unspecified atom stereocenters. The monoisotopic (exact) mass is 372 g/mol. The Morgan fingerprint density at radius 1 is 1.00 bits per heavy atom. The fraction of sp³-hybridized carbons (Fsp3) is 0.300. The molecule has 0 aromatic heterocycles. The van der Waals surface area contributed by atoms with Gasteiger partial charge in [0.05, 0.1) is 0 Å². The van der Waals surface area contributed by atoms with Crippen molar-refractivity contribution in [2.45, 2.75) is 19.9 Å². The minimum atomic E-state index is -0.754. The standard InChI is InChI=1S/C20H21FN2O4/c1-12(2)18(23-19(24)13-3-5-14(21)6-4-13)20(25)22-15-7-8-16-17(11-15)27-10-9-26-16/h3-8,11-12,18H,9-10H2,1-2H3,(H,22,25)(H,23,24)/t18-/m1/s1. The third-order valence-electron chi connectivity index (χ3n) is 4.15. The van der Waals surface area contributed by atoms with E-state index in [1.165, 1.54) is 24.3 Å². The minimum Gasteiger partial charge on any atom is -0.486 e. The van der Waals surface area contributed by atoms with E-state index in [0.717, 1.165) is 0 Å². The number of anilines is 1. The van der Waals surface area contributed by atoms with E-state index in [1.807, 2.05) is 13.8 Å². The molecule has 0 saturated heterocycles. The molecular weight excluding hydrogens is 351 g/mol. The van der Waals surface area contributed by atoms with Gasteiger partial charge in [0, 0.05) is 17.3 Å². The Morgan fingerprint density at radius 3 is 2.33 bits per heavy atom. The number of nitrogens with one attached hydrogen (secondary N) is 2. The molecule has 0 spiro atoms. The summed E-state index contributed by atoms with van der Waals surface area (Å²) < 4.78 is 24.0. The molecule has 0 radical (unpaired) electrons. The first-order valence-electron chi connectivity index (χ1n) is 8.71. The van der Waals surface area contributed by atoms with E-state index in [2.05, 4.69) is 10.6 Å². The Bertz CT molecular complexity index is 836. The second kappa shape index (κ2) is 8.07. The molecule has 142 valence electrons. The number of ether oxygens (including phenoxy) is 2. The Morgan fingerprint density at radius 2 is 1.67 bits per heavy atom. The summed E-state index contributed by atoms with van der Waals surface area (Å²) in [5, 5.41) is 5.50. The topological polar surface area (TPSA) is 76.7 Å². The van der Waals surface area contributed by atoms with Gasteiger partial charge in [-0.3, -0.25) is 9.59 Å². The Hall–Kier alpha value is -3.09. The summed E-state index contributed by atoms with van der Waals surface area (Å²) in [6.07, 6.45) is 0. The van der Waals surface area contributed by atoms with Crippen molar-refractivity contribution in [3.63, 3.8) is 0 Å². The van der Waals surface area contributed by atoms with E-state index < -0.39 is 17.8 Å². The first kappa shape index (κ1) is 18.7. The van der Waals surface area contributed by atoms with Crippen LogP contribution in [0.4, 0.5) is 10.1 Å². The lowest BCUT2D eigenvalue weighted by Crippen LogP contribution is -2.47. The molecule has 7 heteroatoms. The van der Waals surface area contributed by atoms with Crippen LogP contribution in [0, 0.1) is 11.7 Å². The van der Waals surface area contributed by atoms with Crippen molar-refractivity contribution in [2.75, 3.05) is 18.5 Å². The molecule has 2 aromatic rings. The first-order chi connectivity index (χ1) is 12.9. The summed E-state index contributed by atoms with van der Waals surface area (Å²) in [7, 11) is 0. The van der Waals surface area contributed by atoms with Crippen LogP contribution in [0.2, 0.25) is 0 Å². The minimum absolute atomic E-state index is 0.147. The molecule has 1 atom stereocenters. The van der Waals surface area contributed by atoms with Crippen LogP contribution < -0.4 is 20.1 Å². The molecular formula is C20H21FN2O4. The van der Waals surface area contributed by atoms with Gasteiger partial charge in [-0.1, -0.05) is 13.8 Å². The van der Waals surface area contributed by atoms with Gasteiger partial charge < -0.3 is 20.1 Å². The Balaban J connectivity index is 1.70. The van der Waals surface area contributed by atoms with Crippen molar-refractivity contribution in [1.29, 1.82) is 0 Å². The normalized spacial score (nSPS) is 13.8. The molecule has 0 bridgehead atoms. The lowest BCUT2D eigenvalue weighted by molar-refractivity contribution is -0.118. The molecule has 1 heterocycles. The summed E-state index contributed by atoms with van der Waals surface area (Å²) >= 11 is 0. The molecule has 2 N–H and O–H groups in total. The zero-order chi connectivity index (χ0) is 19.4. The first-order valence-corrected chi connectivity index (χ1v) is 8.71. The Kier molecular flexibility index (Phi) is 5.59. The molecule has 3 rings (SSSR count). The molecule has 0 aliphatic carbocycles. The Labute approximate surface area is 156 Å². The second-order valence-corrected chi connectivity index (χ2v) is 6.55. The van der Waals surface area contributed by atoms with Crippen LogP contribution in [0.25, 0.3) is 0 Å². The van der Waals surface area contributed by atoms with Crippen LogP contribution >= 0.6 is 0 Å². The van der Waals surface area contributed by atoms with Crippen LogP contribution in [0.5, 0.6) is 11.5 Å². The molecule has 1 aliphatic rings. The smallest absolute Gasteiger partial charge is 0.251 e. The van der Waals surface area contributed by atoms with Gasteiger partial charge in [-0.15, -0.1) is 0 Å². The van der Waals surface area contributed by atoms with E-state index in [0.29, 0.717) is 30.4 Å². The van der Waals surface area contributed by atoms with Gasteiger partial charge in [-0.05, 0) is 42.3 Å². The van der Waals surface area contributed by atoms with E-state index >= 15 is 0 Å². The zero-order valence-corrected chi connectivity index (χ0v) is 15.1. The van der Waals surface area contributed by atoms with Crippen molar-refractivity contribution < 1.29 is 23.5 Å². The van der Waals surface area contributed by atoms with Crippen LogP contribution in [-0.4, -0.2) is 31.1 Å². The zero-order valence-electron chi connectivity index (χ0n) is 15.1. The lowest BCUT2D eigenvalue weighted by Gasteiger charge is -2.23. The summed E-state index contributed by atoms with van der Waals surface area (Å²) in [5.74, 6) is -0.169. The summed E-state index contributed by atoms with van der Waals surface area (Å²) in [5.41, 5.74) is 0.833. The second-order valence-electron chi connectivity index (χ2n) is 6.55. The number of benzene rings is 2. The maximum Gasteiger partial charge on any atom is 0.251 e. The number of hydrogen-bond acceptors (Lipinski definition) is 4. The maximum absolute atomic E-state index is 13.0. The van der Waals surface area contributed by atoms with Crippen molar-refractivity contribution in [1.82, 2.24) is 5.32 Å². The highest BCUT2D eigenvalue weighted by atomic mass is 19.1. The molecule has 2 amide bonds. The number of rotatable bonds is 5. The molecule has 0 saturated carbocycles. The largest absolute Gasteiger partial charge is 0.486 e. The fourth-order valence-corrected chi connectivity index (χ4v) is 2.70. The predicted molar refractivity (Wildman–Crippen MR) is 98.6 cm³/mol. The van der Waals surface area contributed by atoms with Gasteiger partial charge in [0.2, 0.25) is 5.91 Å². The molecule has 2 aromatic carbocycles. The number of carbonyl (C=O) groups is 2. The van der Waals surface area contributed by atoms with Crippen molar-refractivity contribution in [3.8, 4) is 11.5 Å². The van der Waals surface area contributed by atoms with Crippen LogP contribution in [0.1, 0.15) is 24.2 Å². The van der Waals surface area contributed by atoms with E-state index in [-0.39, 0.29) is 17.4 Å². The summed E-state index contributed by atoms with van der Waals surface area (Å²) in [6.45, 7) is 4.61. The molecule has 1 aliphatic heterocycles. The maximum atomic E-state index is 13.0. The van der Waals surface area contributed by atoms with Gasteiger partial charge in [-0.25, -0.2) is 4.39 Å². The quantitative estimate of drug-likeness (QED) is 0.846. The van der Waals surface area contributed by atoms with Gasteiger partial charge in [0.1, 0.15) is 25.1 Å². The van der Waals surface area contributed by atoms with Crippen molar-refractivity contribution in [3.05, 3.63) is 53.8 Å². The third-order valence-corrected chi connectivity index (χ3v) is 4.15. The number of hydrogen-bond donors (Lipinski definition) is 2. The van der Waals surface area contributed by atoms with E-state index in [4.69, 9.17) is 9.47 Å². The van der Waals surface area contributed by atoms with Crippen molar-refractivity contribution in [2.24, 2.45) is 5.92 Å². The average molecular weight is 372 g/mol. The SMILES string of the molecule is CC(C)[C@@H](NC(=O)c1ccc(F)cc1)C(=O)Nc1ccc2c(c1)OCCO2. The van der Waals surface area contributed by atoms with E-state index in [1.54, 1.807) is 18.2 Å². The highest BCUT2D eigenvalue weighted by Gasteiger charge is 2.25. The highest BCUT2D eigenvalue weighted by molar-refractivity contribution is 6.01. The number of carbonyl (C=O) groups excluding carboxylic acids is 2. The van der Waals surface area contributed by atoms with Gasteiger partial charge in [0.25, 0.3) is 5.91 Å². The van der Waals surface area contributed by atoms with Crippen LogP contribution in [-0.2, 0) is 4.79 Å². The van der Waals surface area contributed by atoms with Gasteiger partial charge in [0.15, 0.2) is 11.5 Å². The molecule has 27 heavy (non-hydrogen) atoms. The van der Waals surface area contributed by atoms with Gasteiger partial charge in [-0.2, -0.15) is 0 Å². The number of halogens is 1. The van der Waals surface area contributed by atoms with Gasteiger partial charge >= 0.3 is 0 Å². The van der Waals surface area contributed by atoms with Crippen molar-refractivity contribution >= 4 is 17.5 Å². The number of amides is 2. The lowest BCUT2D eigenvalue weighted by atomic mass is 10.0. The predicted octanol–water partition coefficient (Wildman–Crippen LogP) is 2.99. The third kappa shape index (κ3) is 4.55. The number of fused-ring (bicyclic) bond motifs is 1. The van der Waals surface area contributed by atoms with Crippen LogP contribution in [0.15, 0.2) is 42.5 Å². The van der Waals surface area contributed by atoms with Crippen LogP contribution in [0.3, 0.4) is 0 Å².